The molecule has 0 saturated heterocycles. The quantitative estimate of drug-likeness (QED) is 0.811. The first-order chi connectivity index (χ1) is 7.83. The van der Waals surface area contributed by atoms with Crippen LogP contribution in [0.15, 0.2) is 33.5 Å². The van der Waals surface area contributed by atoms with Crippen molar-refractivity contribution in [3.8, 4) is 0 Å². The van der Waals surface area contributed by atoms with E-state index in [9.17, 15) is 4.21 Å². The van der Waals surface area contributed by atoms with Gasteiger partial charge in [0.2, 0.25) is 0 Å². The van der Waals surface area contributed by atoms with Gasteiger partial charge in [-0.15, -0.1) is 0 Å². The van der Waals surface area contributed by atoms with E-state index < -0.39 is 9.92 Å². The molecule has 0 heterocycles. The number of nitrogens with two attached hydrogens (primary N) is 1. The lowest BCUT2D eigenvalue weighted by atomic mass is 10.3. The molecule has 0 bridgehead atoms. The molecule has 0 aliphatic heterocycles. The summed E-state index contributed by atoms with van der Waals surface area (Å²) in [5.74, 6) is 0. The van der Waals surface area contributed by atoms with E-state index >= 15 is 0 Å². The first-order valence-electron chi connectivity index (χ1n) is 5.72. The second kappa shape index (κ2) is 5.51. The number of nitrogens with one attached hydrogen (secondary N) is 1. The Bertz CT molecular complexity index is 471. The van der Waals surface area contributed by atoms with Crippen LogP contribution >= 0.6 is 0 Å². The zero-order valence-electron chi connectivity index (χ0n) is 10.8. The van der Waals surface area contributed by atoms with Gasteiger partial charge in [0, 0.05) is 11.7 Å². The third-order valence-electron chi connectivity index (χ3n) is 1.95. The molecule has 3 N–H and O–H groups in total. The largest absolute Gasteiger partial charge is 0.399 e. The highest BCUT2D eigenvalue weighted by atomic mass is 32.2. The van der Waals surface area contributed by atoms with Gasteiger partial charge in [-0.2, -0.15) is 0 Å². The molecule has 0 aliphatic rings. The van der Waals surface area contributed by atoms with Crippen molar-refractivity contribution in [2.45, 2.75) is 44.7 Å². The average Bonchev–Trinajstić information content (AvgIpc) is 2.15. The van der Waals surface area contributed by atoms with E-state index in [1.165, 1.54) is 0 Å². The Labute approximate surface area is 104 Å². The summed E-state index contributed by atoms with van der Waals surface area (Å²) < 4.78 is 20.2. The maximum atomic E-state index is 12.8. The Morgan fingerprint density at radius 3 is 2.12 bits per heavy atom. The van der Waals surface area contributed by atoms with E-state index in [-0.39, 0.29) is 12.1 Å². The van der Waals surface area contributed by atoms with Gasteiger partial charge in [-0.05, 0) is 52.0 Å². The number of nitrogen functional groups attached to an aromatic ring is 1. The van der Waals surface area contributed by atoms with Crippen molar-refractivity contribution >= 4 is 15.6 Å². The van der Waals surface area contributed by atoms with E-state index in [1.807, 2.05) is 27.7 Å². The molecule has 1 unspecified atom stereocenters. The van der Waals surface area contributed by atoms with Crippen LogP contribution in [-0.2, 0) is 9.92 Å². The van der Waals surface area contributed by atoms with Crippen LogP contribution in [-0.4, -0.2) is 16.3 Å². The molecule has 5 heteroatoms. The number of benzene rings is 1. The fourth-order valence-electron chi connectivity index (χ4n) is 1.43. The van der Waals surface area contributed by atoms with Gasteiger partial charge in [0.1, 0.15) is 9.92 Å². The van der Waals surface area contributed by atoms with Crippen LogP contribution in [0.1, 0.15) is 27.7 Å². The summed E-state index contributed by atoms with van der Waals surface area (Å²) >= 11 is 0. The minimum atomic E-state index is -2.56. The Morgan fingerprint density at radius 2 is 1.71 bits per heavy atom. The number of hydrogen-bond donors (Lipinski definition) is 2. The lowest BCUT2D eigenvalue weighted by Crippen LogP contribution is -2.31. The summed E-state index contributed by atoms with van der Waals surface area (Å²) in [5.41, 5.74) is 6.29. The van der Waals surface area contributed by atoms with Gasteiger partial charge in [-0.3, -0.25) is 0 Å². The van der Waals surface area contributed by atoms with Crippen LogP contribution in [0.4, 0.5) is 5.69 Å². The topological polar surface area (TPSA) is 67.5 Å². The number of anilines is 1. The molecule has 0 aliphatic carbocycles. The van der Waals surface area contributed by atoms with Crippen LogP contribution in [0.5, 0.6) is 0 Å². The first-order valence-corrected chi connectivity index (χ1v) is 7.24. The van der Waals surface area contributed by atoms with Crippen molar-refractivity contribution in [3.05, 3.63) is 24.3 Å². The predicted octanol–water partition coefficient (Wildman–Crippen LogP) is 2.42. The van der Waals surface area contributed by atoms with Gasteiger partial charge in [-0.25, -0.2) is 13.3 Å². The summed E-state index contributed by atoms with van der Waals surface area (Å²) in [7, 11) is -2.56. The van der Waals surface area contributed by atoms with E-state index in [0.29, 0.717) is 10.6 Å². The molecular weight excluding hydrogens is 234 g/mol. The highest BCUT2D eigenvalue weighted by Gasteiger charge is 2.14. The van der Waals surface area contributed by atoms with Crippen molar-refractivity contribution in [3.63, 3.8) is 0 Å². The van der Waals surface area contributed by atoms with E-state index in [4.69, 9.17) is 5.73 Å². The third kappa shape index (κ3) is 4.02. The van der Waals surface area contributed by atoms with Crippen LogP contribution in [0.25, 0.3) is 0 Å². The number of nitrogens with zero attached hydrogens (tertiary/aromatic N) is 1. The lowest BCUT2D eigenvalue weighted by Gasteiger charge is -2.16. The van der Waals surface area contributed by atoms with Gasteiger partial charge < -0.3 is 5.73 Å². The smallest absolute Gasteiger partial charge is 0.137 e. The van der Waals surface area contributed by atoms with Crippen LogP contribution in [0.3, 0.4) is 0 Å². The summed E-state index contributed by atoms with van der Waals surface area (Å²) in [5, 5.41) is 0. The van der Waals surface area contributed by atoms with Gasteiger partial charge in [-0.1, -0.05) is 0 Å². The molecule has 1 atom stereocenters. The first kappa shape index (κ1) is 14.0. The number of rotatable bonds is 4. The van der Waals surface area contributed by atoms with E-state index in [1.54, 1.807) is 24.3 Å². The zero-order chi connectivity index (χ0) is 13.1. The lowest BCUT2D eigenvalue weighted by molar-refractivity contribution is 0.641. The molecule has 0 aromatic heterocycles. The van der Waals surface area contributed by atoms with Crippen molar-refractivity contribution in [2.75, 3.05) is 5.73 Å². The van der Waals surface area contributed by atoms with E-state index in [0.717, 1.165) is 0 Å². The molecule has 0 fully saturated rings. The van der Waals surface area contributed by atoms with Crippen molar-refractivity contribution < 1.29 is 4.21 Å². The second-order valence-electron chi connectivity index (χ2n) is 4.57. The predicted molar refractivity (Wildman–Crippen MR) is 73.1 cm³/mol. The Kier molecular flexibility index (Phi) is 4.54. The van der Waals surface area contributed by atoms with Crippen LogP contribution < -0.4 is 10.5 Å². The Balaban J connectivity index is 3.24. The summed E-state index contributed by atoms with van der Waals surface area (Å²) in [6, 6.07) is 7.12. The Morgan fingerprint density at radius 1 is 1.18 bits per heavy atom. The van der Waals surface area contributed by atoms with Gasteiger partial charge >= 0.3 is 0 Å². The Hall–Kier alpha value is -1.07. The molecule has 1 rings (SSSR count). The molecule has 1 aromatic rings. The summed E-state index contributed by atoms with van der Waals surface area (Å²) in [6.45, 7) is 7.73. The van der Waals surface area contributed by atoms with Crippen molar-refractivity contribution in [2.24, 2.45) is 4.36 Å². The van der Waals surface area contributed by atoms with Gasteiger partial charge in [0.05, 0.1) is 10.9 Å². The molecule has 0 spiro atoms. The maximum absolute atomic E-state index is 12.8. The third-order valence-corrected chi connectivity index (χ3v) is 4.37. The average molecular weight is 255 g/mol. The molecule has 1 aromatic carbocycles. The highest BCUT2D eigenvalue weighted by molar-refractivity contribution is 7.91. The molecule has 17 heavy (non-hydrogen) atoms. The molecule has 4 nitrogen and oxygen atoms in total. The normalized spacial score (nSPS) is 14.9. The standard InChI is InChI=1S/C12H21N3OS/c1-9(2)14-17(16,15-10(3)4)12-7-5-11(13)6-8-12/h5-10H,13H2,1-4H3,(H,14,15,16). The van der Waals surface area contributed by atoms with Crippen LogP contribution in [0.2, 0.25) is 0 Å². The monoisotopic (exact) mass is 255 g/mol. The fraction of sp³-hybridized carbons (Fsp3) is 0.500. The fourth-order valence-corrected chi connectivity index (χ4v) is 3.48. The number of hydrogen-bond acceptors (Lipinski definition) is 3. The zero-order valence-corrected chi connectivity index (χ0v) is 11.6. The maximum Gasteiger partial charge on any atom is 0.137 e. The van der Waals surface area contributed by atoms with Crippen molar-refractivity contribution in [1.82, 2.24) is 4.72 Å². The summed E-state index contributed by atoms with van der Waals surface area (Å²) in [6.07, 6.45) is 0. The van der Waals surface area contributed by atoms with Gasteiger partial charge in [0.25, 0.3) is 0 Å². The highest BCUT2D eigenvalue weighted by Crippen LogP contribution is 2.15. The molecule has 0 radical (unpaired) electrons. The van der Waals surface area contributed by atoms with Gasteiger partial charge in [0.15, 0.2) is 0 Å². The van der Waals surface area contributed by atoms with Crippen molar-refractivity contribution in [1.29, 1.82) is 0 Å². The minimum Gasteiger partial charge on any atom is -0.399 e. The minimum absolute atomic E-state index is 0.00584. The summed E-state index contributed by atoms with van der Waals surface area (Å²) in [4.78, 5) is 0.675. The molecule has 0 amide bonds. The molecular formula is C12H21N3OS. The SMILES string of the molecule is CC(C)N=S(=O)(NC(C)C)c1ccc(N)cc1. The van der Waals surface area contributed by atoms with Crippen LogP contribution in [0, 0.1) is 0 Å². The molecule has 0 saturated carbocycles. The molecule has 96 valence electrons. The second-order valence-corrected chi connectivity index (χ2v) is 6.54. The van der Waals surface area contributed by atoms with E-state index in [2.05, 4.69) is 9.08 Å².